The van der Waals surface area contributed by atoms with E-state index >= 15 is 0 Å². The van der Waals surface area contributed by atoms with Gasteiger partial charge in [0.05, 0.1) is 36.4 Å². The second kappa shape index (κ2) is 6.96. The molecule has 7 heteroatoms. The first kappa shape index (κ1) is 17.4. The molecule has 0 saturated carbocycles. The second-order valence-corrected chi connectivity index (χ2v) is 9.54. The lowest BCUT2D eigenvalue weighted by Crippen LogP contribution is -2.39. The fraction of sp³-hybridized carbons (Fsp3) is 0.316. The average Bonchev–Trinajstić information content (AvgIpc) is 3.11. The number of benzene rings is 2. The number of nitrogens with zero attached hydrogens (tertiary/aromatic N) is 2. The first-order valence-corrected chi connectivity index (χ1v) is 11.3. The van der Waals surface area contributed by atoms with Crippen LogP contribution < -0.4 is 9.64 Å². The van der Waals surface area contributed by atoms with E-state index < -0.39 is 9.84 Å². The molecule has 2 atom stereocenters. The number of hydrogen-bond acceptors (Lipinski definition) is 6. The van der Waals surface area contributed by atoms with Crippen LogP contribution in [0.5, 0.6) is 5.75 Å². The topological polar surface area (TPSA) is 59.0 Å². The van der Waals surface area contributed by atoms with Crippen molar-refractivity contribution in [3.63, 3.8) is 0 Å². The summed E-state index contributed by atoms with van der Waals surface area (Å²) in [5.74, 6) is 1.77. The number of sulfone groups is 1. The van der Waals surface area contributed by atoms with E-state index in [0.717, 1.165) is 22.4 Å². The SMILES string of the molecule is COc1ccccc1N1C(SCc2ccccc2)=NC2CS(=O)(=O)CC21. The number of rotatable bonds is 4. The molecule has 0 bridgehead atoms. The van der Waals surface area contributed by atoms with E-state index in [9.17, 15) is 8.42 Å². The standard InChI is InChI=1S/C19H20N2O3S2/c1-24-18-10-6-5-9-16(18)21-17-13-26(22,23)12-15(17)20-19(21)25-11-14-7-3-2-4-8-14/h2-10,15,17H,11-13H2,1H3. The van der Waals surface area contributed by atoms with E-state index in [1.54, 1.807) is 18.9 Å². The quantitative estimate of drug-likeness (QED) is 0.806. The number of fused-ring (bicyclic) bond motifs is 1. The van der Waals surface area contributed by atoms with Gasteiger partial charge in [-0.3, -0.25) is 4.99 Å². The van der Waals surface area contributed by atoms with E-state index in [4.69, 9.17) is 9.73 Å². The highest BCUT2D eigenvalue weighted by atomic mass is 32.2. The normalized spacial score (nSPS) is 23.6. The summed E-state index contributed by atoms with van der Waals surface area (Å²) in [5, 5.41) is 0.864. The zero-order valence-corrected chi connectivity index (χ0v) is 16.0. The highest BCUT2D eigenvalue weighted by Gasteiger charge is 2.47. The molecule has 0 aliphatic carbocycles. The van der Waals surface area contributed by atoms with Crippen molar-refractivity contribution < 1.29 is 13.2 Å². The lowest BCUT2D eigenvalue weighted by atomic mass is 10.1. The zero-order valence-electron chi connectivity index (χ0n) is 14.4. The molecule has 26 heavy (non-hydrogen) atoms. The Hall–Kier alpha value is -1.99. The third-order valence-electron chi connectivity index (χ3n) is 4.66. The molecule has 5 nitrogen and oxygen atoms in total. The minimum absolute atomic E-state index is 0.124. The Balaban J connectivity index is 1.66. The Bertz CT molecular complexity index is 929. The van der Waals surface area contributed by atoms with Crippen molar-refractivity contribution in [1.29, 1.82) is 0 Å². The van der Waals surface area contributed by atoms with E-state index in [-0.39, 0.29) is 23.6 Å². The fourth-order valence-corrected chi connectivity index (χ4v) is 6.38. The van der Waals surface area contributed by atoms with Gasteiger partial charge in [-0.1, -0.05) is 54.2 Å². The maximum absolute atomic E-state index is 12.1. The van der Waals surface area contributed by atoms with E-state index in [1.807, 2.05) is 42.5 Å². The molecule has 2 heterocycles. The van der Waals surface area contributed by atoms with E-state index in [0.29, 0.717) is 0 Å². The largest absolute Gasteiger partial charge is 0.495 e. The molecular formula is C19H20N2O3S2. The minimum Gasteiger partial charge on any atom is -0.495 e. The Kier molecular flexibility index (Phi) is 4.67. The van der Waals surface area contributed by atoms with Gasteiger partial charge >= 0.3 is 0 Å². The van der Waals surface area contributed by atoms with Gasteiger partial charge in [-0.15, -0.1) is 0 Å². The predicted molar refractivity (Wildman–Crippen MR) is 107 cm³/mol. The van der Waals surface area contributed by atoms with Gasteiger partial charge in [0.15, 0.2) is 15.0 Å². The van der Waals surface area contributed by atoms with Crippen LogP contribution in [0.4, 0.5) is 5.69 Å². The van der Waals surface area contributed by atoms with Gasteiger partial charge in [0.2, 0.25) is 0 Å². The molecular weight excluding hydrogens is 368 g/mol. The summed E-state index contributed by atoms with van der Waals surface area (Å²) in [4.78, 5) is 6.82. The maximum Gasteiger partial charge on any atom is 0.164 e. The first-order chi connectivity index (χ1) is 12.6. The van der Waals surface area contributed by atoms with Crippen LogP contribution in [0.3, 0.4) is 0 Å². The molecule has 2 aliphatic heterocycles. The number of thioether (sulfide) groups is 1. The summed E-state index contributed by atoms with van der Waals surface area (Å²) in [7, 11) is -1.42. The number of aliphatic imine (C=N–C) groups is 1. The molecule has 0 amide bonds. The van der Waals surface area contributed by atoms with Crippen LogP contribution in [0.25, 0.3) is 0 Å². The summed E-state index contributed by atoms with van der Waals surface area (Å²) in [6.07, 6.45) is 0. The Morgan fingerprint density at radius 1 is 1.12 bits per heavy atom. The molecule has 0 aromatic heterocycles. The van der Waals surface area contributed by atoms with Crippen molar-refractivity contribution in [2.24, 2.45) is 4.99 Å². The van der Waals surface area contributed by atoms with Crippen LogP contribution in [-0.4, -0.2) is 44.3 Å². The predicted octanol–water partition coefficient (Wildman–Crippen LogP) is 2.97. The summed E-state index contributed by atoms with van der Waals surface area (Å²) in [5.41, 5.74) is 2.09. The third kappa shape index (κ3) is 3.33. The maximum atomic E-state index is 12.1. The van der Waals surface area contributed by atoms with Crippen LogP contribution in [0.2, 0.25) is 0 Å². The van der Waals surface area contributed by atoms with Gasteiger partial charge in [0, 0.05) is 5.75 Å². The highest BCUT2D eigenvalue weighted by Crippen LogP contribution is 2.39. The number of ether oxygens (including phenoxy) is 1. The van der Waals surface area contributed by atoms with Gasteiger partial charge in [0.25, 0.3) is 0 Å². The van der Waals surface area contributed by atoms with Gasteiger partial charge in [0.1, 0.15) is 5.75 Å². The lowest BCUT2D eigenvalue weighted by Gasteiger charge is -2.27. The molecule has 2 aliphatic rings. The van der Waals surface area contributed by atoms with Gasteiger partial charge < -0.3 is 9.64 Å². The summed E-state index contributed by atoms with van der Waals surface area (Å²) in [6.45, 7) is 0. The molecule has 1 saturated heterocycles. The second-order valence-electron chi connectivity index (χ2n) is 6.44. The monoisotopic (exact) mass is 388 g/mol. The molecule has 0 spiro atoms. The van der Waals surface area contributed by atoms with Crippen molar-refractivity contribution >= 4 is 32.5 Å². The number of para-hydroxylation sites is 2. The van der Waals surface area contributed by atoms with Crippen LogP contribution in [0.1, 0.15) is 5.56 Å². The number of methoxy groups -OCH3 is 1. The fourth-order valence-electron chi connectivity index (χ4n) is 3.47. The Morgan fingerprint density at radius 3 is 2.62 bits per heavy atom. The summed E-state index contributed by atoms with van der Waals surface area (Å²) < 4.78 is 29.8. The smallest absolute Gasteiger partial charge is 0.164 e. The number of amidine groups is 1. The third-order valence-corrected chi connectivity index (χ3v) is 7.40. The van der Waals surface area contributed by atoms with Crippen molar-refractivity contribution in [3.05, 3.63) is 60.2 Å². The van der Waals surface area contributed by atoms with Gasteiger partial charge in [-0.25, -0.2) is 8.42 Å². The Morgan fingerprint density at radius 2 is 1.85 bits per heavy atom. The molecule has 0 radical (unpaired) electrons. The van der Waals surface area contributed by atoms with Crippen LogP contribution in [0.15, 0.2) is 59.6 Å². The molecule has 1 fully saturated rings. The minimum atomic E-state index is -3.06. The molecule has 136 valence electrons. The van der Waals surface area contributed by atoms with Crippen molar-refractivity contribution in [2.45, 2.75) is 17.8 Å². The number of hydrogen-bond donors (Lipinski definition) is 0. The first-order valence-electron chi connectivity index (χ1n) is 8.44. The van der Waals surface area contributed by atoms with Crippen LogP contribution in [-0.2, 0) is 15.6 Å². The lowest BCUT2D eigenvalue weighted by molar-refractivity contribution is 0.415. The number of anilines is 1. The van der Waals surface area contributed by atoms with Gasteiger partial charge in [-0.2, -0.15) is 0 Å². The van der Waals surface area contributed by atoms with Gasteiger partial charge in [-0.05, 0) is 17.7 Å². The van der Waals surface area contributed by atoms with E-state index in [2.05, 4.69) is 17.0 Å². The van der Waals surface area contributed by atoms with Crippen LogP contribution in [0, 0.1) is 0 Å². The van der Waals surface area contributed by atoms with Crippen molar-refractivity contribution in [2.75, 3.05) is 23.5 Å². The average molecular weight is 389 g/mol. The molecule has 2 aromatic rings. The van der Waals surface area contributed by atoms with Crippen molar-refractivity contribution in [3.8, 4) is 5.75 Å². The molecule has 4 rings (SSSR count). The highest BCUT2D eigenvalue weighted by molar-refractivity contribution is 8.13. The molecule has 2 aromatic carbocycles. The summed E-state index contributed by atoms with van der Waals surface area (Å²) >= 11 is 1.64. The molecule has 2 unspecified atom stereocenters. The Labute approximate surface area is 158 Å². The molecule has 0 N–H and O–H groups in total. The van der Waals surface area contributed by atoms with Crippen molar-refractivity contribution in [1.82, 2.24) is 0 Å². The van der Waals surface area contributed by atoms with E-state index in [1.165, 1.54) is 5.56 Å². The summed E-state index contributed by atoms with van der Waals surface area (Å²) in [6, 6.07) is 17.6. The zero-order chi connectivity index (χ0) is 18.1. The van der Waals surface area contributed by atoms with Crippen LogP contribution >= 0.6 is 11.8 Å².